The number of amides is 1. The van der Waals surface area contributed by atoms with Crippen LogP contribution in [0.5, 0.6) is 0 Å². The van der Waals surface area contributed by atoms with Crippen molar-refractivity contribution in [1.29, 1.82) is 0 Å². The van der Waals surface area contributed by atoms with Gasteiger partial charge in [0.25, 0.3) is 5.91 Å². The average Bonchev–Trinajstić information content (AvgIpc) is 2.81. The zero-order chi connectivity index (χ0) is 19.8. The van der Waals surface area contributed by atoms with Gasteiger partial charge in [-0.25, -0.2) is 8.42 Å². The highest BCUT2D eigenvalue weighted by molar-refractivity contribution is 7.89. The first-order chi connectivity index (χ1) is 12.7. The standard InChI is InChI=1S/C19H26N4O3S/c1-14-6-8-17(9-7-14)19(24)22-10-5-11-23(13-12-22)27(25,26)18-15(2)20-21(4)16(18)3/h6-9H,5,10-13H2,1-4H3. The van der Waals surface area contributed by atoms with Gasteiger partial charge in [0, 0.05) is 38.8 Å². The van der Waals surface area contributed by atoms with Crippen LogP contribution < -0.4 is 0 Å². The lowest BCUT2D eigenvalue weighted by Gasteiger charge is -2.22. The first kappa shape index (κ1) is 19.6. The van der Waals surface area contributed by atoms with E-state index < -0.39 is 10.0 Å². The maximum absolute atomic E-state index is 13.1. The highest BCUT2D eigenvalue weighted by Crippen LogP contribution is 2.24. The third-order valence-corrected chi connectivity index (χ3v) is 7.23. The molecule has 146 valence electrons. The first-order valence-corrected chi connectivity index (χ1v) is 10.5. The minimum Gasteiger partial charge on any atom is -0.337 e. The number of carbonyl (C=O) groups is 1. The van der Waals surface area contributed by atoms with Crippen molar-refractivity contribution in [3.05, 3.63) is 46.8 Å². The molecule has 0 bridgehead atoms. The lowest BCUT2D eigenvalue weighted by molar-refractivity contribution is 0.0764. The van der Waals surface area contributed by atoms with Gasteiger partial charge in [-0.2, -0.15) is 9.40 Å². The van der Waals surface area contributed by atoms with E-state index in [2.05, 4.69) is 5.10 Å². The highest BCUT2D eigenvalue weighted by atomic mass is 32.2. The molecule has 1 saturated heterocycles. The number of carbonyl (C=O) groups excluding carboxylic acids is 1. The Labute approximate surface area is 160 Å². The van der Waals surface area contributed by atoms with E-state index in [9.17, 15) is 13.2 Å². The maximum atomic E-state index is 13.1. The van der Waals surface area contributed by atoms with E-state index in [1.54, 1.807) is 30.5 Å². The van der Waals surface area contributed by atoms with Crippen molar-refractivity contribution < 1.29 is 13.2 Å². The number of sulfonamides is 1. The zero-order valence-electron chi connectivity index (χ0n) is 16.3. The Hall–Kier alpha value is -2.19. The van der Waals surface area contributed by atoms with E-state index in [4.69, 9.17) is 0 Å². The number of nitrogens with zero attached hydrogens (tertiary/aromatic N) is 4. The third-order valence-electron chi connectivity index (χ3n) is 5.08. The summed E-state index contributed by atoms with van der Waals surface area (Å²) in [5.74, 6) is -0.0528. The Bertz CT molecular complexity index is 948. The number of rotatable bonds is 3. The Balaban J connectivity index is 1.78. The fourth-order valence-corrected chi connectivity index (χ4v) is 5.34. The summed E-state index contributed by atoms with van der Waals surface area (Å²) in [7, 11) is -1.89. The van der Waals surface area contributed by atoms with Gasteiger partial charge in [0.15, 0.2) is 0 Å². The molecule has 1 amide bonds. The van der Waals surface area contributed by atoms with E-state index in [1.807, 2.05) is 31.2 Å². The molecule has 0 aliphatic carbocycles. The van der Waals surface area contributed by atoms with Crippen molar-refractivity contribution in [2.75, 3.05) is 26.2 Å². The molecule has 0 unspecified atom stereocenters. The lowest BCUT2D eigenvalue weighted by Crippen LogP contribution is -2.37. The Kier molecular flexibility index (Phi) is 5.39. The van der Waals surface area contributed by atoms with Crippen LogP contribution in [-0.4, -0.2) is 59.5 Å². The zero-order valence-corrected chi connectivity index (χ0v) is 17.1. The molecule has 1 aliphatic heterocycles. The molecular formula is C19H26N4O3S. The first-order valence-electron chi connectivity index (χ1n) is 9.08. The van der Waals surface area contributed by atoms with Gasteiger partial charge < -0.3 is 4.90 Å². The predicted molar refractivity (Wildman–Crippen MR) is 103 cm³/mol. The monoisotopic (exact) mass is 390 g/mol. The Morgan fingerprint density at radius 2 is 1.67 bits per heavy atom. The molecule has 8 heteroatoms. The van der Waals surface area contributed by atoms with E-state index in [0.29, 0.717) is 43.0 Å². The van der Waals surface area contributed by atoms with Gasteiger partial charge in [0.2, 0.25) is 10.0 Å². The molecule has 0 saturated carbocycles. The van der Waals surface area contributed by atoms with Crippen LogP contribution in [0.1, 0.15) is 33.7 Å². The SMILES string of the molecule is Cc1ccc(C(=O)N2CCCN(S(=O)(=O)c3c(C)nn(C)c3C)CC2)cc1. The molecule has 0 atom stereocenters. The summed E-state index contributed by atoms with van der Waals surface area (Å²) in [6.45, 7) is 7.06. The van der Waals surface area contributed by atoms with E-state index in [0.717, 1.165) is 5.56 Å². The number of benzene rings is 1. The second kappa shape index (κ2) is 7.44. The van der Waals surface area contributed by atoms with Crippen molar-refractivity contribution in [2.24, 2.45) is 7.05 Å². The van der Waals surface area contributed by atoms with Crippen molar-refractivity contribution in [3.63, 3.8) is 0 Å². The second-order valence-electron chi connectivity index (χ2n) is 7.04. The minimum absolute atomic E-state index is 0.0528. The van der Waals surface area contributed by atoms with Crippen molar-refractivity contribution in [2.45, 2.75) is 32.1 Å². The molecule has 2 heterocycles. The molecule has 1 aromatic carbocycles. The van der Waals surface area contributed by atoms with Gasteiger partial charge in [0.1, 0.15) is 4.90 Å². The molecule has 1 aromatic heterocycles. The van der Waals surface area contributed by atoms with Gasteiger partial charge in [-0.05, 0) is 39.3 Å². The van der Waals surface area contributed by atoms with Gasteiger partial charge in [-0.3, -0.25) is 9.48 Å². The van der Waals surface area contributed by atoms with E-state index in [1.165, 1.54) is 4.31 Å². The summed E-state index contributed by atoms with van der Waals surface area (Å²) in [5, 5.41) is 4.23. The maximum Gasteiger partial charge on any atom is 0.253 e. The fourth-order valence-electron chi connectivity index (χ4n) is 3.47. The molecule has 3 rings (SSSR count). The topological polar surface area (TPSA) is 75.5 Å². The lowest BCUT2D eigenvalue weighted by atomic mass is 10.1. The largest absolute Gasteiger partial charge is 0.337 e. The van der Waals surface area contributed by atoms with Crippen LogP contribution in [0.25, 0.3) is 0 Å². The normalized spacial score (nSPS) is 16.4. The number of aryl methyl sites for hydroxylation is 3. The molecule has 0 radical (unpaired) electrons. The summed E-state index contributed by atoms with van der Waals surface area (Å²) >= 11 is 0. The van der Waals surface area contributed by atoms with Crippen LogP contribution in [0.2, 0.25) is 0 Å². The van der Waals surface area contributed by atoms with Gasteiger partial charge >= 0.3 is 0 Å². The number of aromatic nitrogens is 2. The minimum atomic E-state index is -3.63. The molecule has 0 spiro atoms. The Morgan fingerprint density at radius 1 is 1.00 bits per heavy atom. The summed E-state index contributed by atoms with van der Waals surface area (Å²) < 4.78 is 29.4. The van der Waals surface area contributed by atoms with E-state index >= 15 is 0 Å². The molecule has 7 nitrogen and oxygen atoms in total. The predicted octanol–water partition coefficient (Wildman–Crippen LogP) is 1.88. The van der Waals surface area contributed by atoms with Crippen molar-refractivity contribution in [3.8, 4) is 0 Å². The number of hydrogen-bond acceptors (Lipinski definition) is 4. The van der Waals surface area contributed by atoms with Crippen molar-refractivity contribution >= 4 is 15.9 Å². The summed E-state index contributed by atoms with van der Waals surface area (Å²) in [4.78, 5) is 14.8. The van der Waals surface area contributed by atoms with Crippen LogP contribution in [0, 0.1) is 20.8 Å². The van der Waals surface area contributed by atoms with Crippen LogP contribution in [0.3, 0.4) is 0 Å². The van der Waals surface area contributed by atoms with Crippen LogP contribution >= 0.6 is 0 Å². The quantitative estimate of drug-likeness (QED) is 0.802. The summed E-state index contributed by atoms with van der Waals surface area (Å²) in [6.07, 6.45) is 0.606. The second-order valence-corrected chi connectivity index (χ2v) is 8.91. The van der Waals surface area contributed by atoms with Gasteiger partial charge in [-0.15, -0.1) is 0 Å². The summed E-state index contributed by atoms with van der Waals surface area (Å²) in [6, 6.07) is 7.46. The van der Waals surface area contributed by atoms with Crippen LogP contribution in [0.4, 0.5) is 0 Å². The van der Waals surface area contributed by atoms with E-state index in [-0.39, 0.29) is 17.3 Å². The molecule has 1 aliphatic rings. The van der Waals surface area contributed by atoms with Gasteiger partial charge in [-0.1, -0.05) is 17.7 Å². The molecule has 0 N–H and O–H groups in total. The Morgan fingerprint density at radius 3 is 2.26 bits per heavy atom. The molecular weight excluding hydrogens is 364 g/mol. The third kappa shape index (κ3) is 3.77. The average molecular weight is 391 g/mol. The number of hydrogen-bond donors (Lipinski definition) is 0. The smallest absolute Gasteiger partial charge is 0.253 e. The fraction of sp³-hybridized carbons (Fsp3) is 0.474. The highest BCUT2D eigenvalue weighted by Gasteiger charge is 2.32. The van der Waals surface area contributed by atoms with Crippen LogP contribution in [0.15, 0.2) is 29.2 Å². The summed E-state index contributed by atoms with van der Waals surface area (Å²) in [5.41, 5.74) is 2.87. The molecule has 2 aromatic rings. The molecule has 1 fully saturated rings. The van der Waals surface area contributed by atoms with Gasteiger partial charge in [0.05, 0.1) is 11.4 Å². The van der Waals surface area contributed by atoms with Crippen molar-refractivity contribution in [1.82, 2.24) is 19.0 Å². The van der Waals surface area contributed by atoms with Crippen LogP contribution in [-0.2, 0) is 17.1 Å². The molecule has 27 heavy (non-hydrogen) atoms.